The molecule has 1 N–H and O–H groups in total. The van der Waals surface area contributed by atoms with Gasteiger partial charge in [-0.25, -0.2) is 8.42 Å². The van der Waals surface area contributed by atoms with E-state index in [9.17, 15) is 13.2 Å². The maximum atomic E-state index is 12.2. The maximum Gasteiger partial charge on any atom is 0.255 e. The lowest BCUT2D eigenvalue weighted by Crippen LogP contribution is -2.12. The Hall–Kier alpha value is -2.34. The van der Waals surface area contributed by atoms with Gasteiger partial charge in [0.1, 0.15) is 5.75 Å². The van der Waals surface area contributed by atoms with Gasteiger partial charge in [0, 0.05) is 17.5 Å². The highest BCUT2D eigenvalue weighted by Gasteiger charge is 2.08. The van der Waals surface area contributed by atoms with Crippen LogP contribution in [0, 0.1) is 0 Å². The van der Waals surface area contributed by atoms with Crippen LogP contribution < -0.4 is 10.1 Å². The van der Waals surface area contributed by atoms with E-state index in [-0.39, 0.29) is 11.7 Å². The lowest BCUT2D eigenvalue weighted by molar-refractivity contribution is 0.102. The fourth-order valence-electron chi connectivity index (χ4n) is 2.11. The Bertz CT molecular complexity index is 781. The maximum absolute atomic E-state index is 12.2. The van der Waals surface area contributed by atoms with Crippen LogP contribution in [0.15, 0.2) is 48.5 Å². The van der Waals surface area contributed by atoms with E-state index in [1.165, 1.54) is 6.26 Å². The van der Waals surface area contributed by atoms with Crippen LogP contribution in [0.3, 0.4) is 0 Å². The van der Waals surface area contributed by atoms with Crippen LogP contribution in [-0.4, -0.2) is 27.2 Å². The molecule has 5 nitrogen and oxygen atoms in total. The van der Waals surface area contributed by atoms with Gasteiger partial charge in [0.15, 0.2) is 9.84 Å². The number of hydrogen-bond donors (Lipinski definition) is 1. The fraction of sp³-hybridized carbons (Fsp3) is 0.278. The molecule has 24 heavy (non-hydrogen) atoms. The first kappa shape index (κ1) is 18.0. The van der Waals surface area contributed by atoms with E-state index in [0.29, 0.717) is 23.4 Å². The second-order valence-electron chi connectivity index (χ2n) is 5.59. The summed E-state index contributed by atoms with van der Waals surface area (Å²) < 4.78 is 28.0. The van der Waals surface area contributed by atoms with Crippen LogP contribution in [0.1, 0.15) is 29.3 Å². The molecular weight excluding hydrogens is 326 g/mol. The van der Waals surface area contributed by atoms with E-state index in [4.69, 9.17) is 4.74 Å². The highest BCUT2D eigenvalue weighted by Crippen LogP contribution is 2.17. The Morgan fingerprint density at radius 2 is 1.67 bits per heavy atom. The first-order valence-corrected chi connectivity index (χ1v) is 9.74. The summed E-state index contributed by atoms with van der Waals surface area (Å²) in [6.07, 6.45) is 2.12. The Kier molecular flexibility index (Phi) is 5.98. The van der Waals surface area contributed by atoms with E-state index in [1.807, 2.05) is 6.92 Å². The van der Waals surface area contributed by atoms with Crippen LogP contribution in [0.4, 0.5) is 5.69 Å². The molecule has 0 heterocycles. The number of carbonyl (C=O) groups is 1. The van der Waals surface area contributed by atoms with Crippen molar-refractivity contribution in [3.8, 4) is 5.75 Å². The standard InChI is InChI=1S/C18H21NO4S/c1-3-12-23-17-10-8-16(9-11-17)19-18(20)15-6-4-14(5-7-15)13-24(2,21)22/h4-11H,3,12-13H2,1-2H3,(H,19,20). The van der Waals surface area contributed by atoms with Gasteiger partial charge in [-0.3, -0.25) is 4.79 Å². The smallest absolute Gasteiger partial charge is 0.255 e. The summed E-state index contributed by atoms with van der Waals surface area (Å²) >= 11 is 0. The molecule has 6 heteroatoms. The van der Waals surface area contributed by atoms with Gasteiger partial charge < -0.3 is 10.1 Å². The zero-order valence-corrected chi connectivity index (χ0v) is 14.6. The van der Waals surface area contributed by atoms with Crippen molar-refractivity contribution in [1.82, 2.24) is 0 Å². The van der Waals surface area contributed by atoms with Crippen molar-refractivity contribution >= 4 is 21.4 Å². The molecule has 0 bridgehead atoms. The number of benzene rings is 2. The predicted molar refractivity (Wildman–Crippen MR) is 95.2 cm³/mol. The number of nitrogens with one attached hydrogen (secondary N) is 1. The molecule has 0 fully saturated rings. The average Bonchev–Trinajstić information content (AvgIpc) is 2.53. The quantitative estimate of drug-likeness (QED) is 0.834. The number of ether oxygens (including phenoxy) is 1. The van der Waals surface area contributed by atoms with Crippen LogP contribution in [0.5, 0.6) is 5.75 Å². The SMILES string of the molecule is CCCOc1ccc(NC(=O)c2ccc(CS(C)(=O)=O)cc2)cc1. The Morgan fingerprint density at radius 1 is 1.04 bits per heavy atom. The zero-order valence-electron chi connectivity index (χ0n) is 13.8. The summed E-state index contributed by atoms with van der Waals surface area (Å²) in [5.41, 5.74) is 1.80. The molecule has 1 amide bonds. The number of carbonyl (C=O) groups excluding carboxylic acids is 1. The second kappa shape index (κ2) is 7.97. The van der Waals surface area contributed by atoms with Crippen molar-refractivity contribution in [2.45, 2.75) is 19.1 Å². The number of anilines is 1. The minimum absolute atomic E-state index is 0.0336. The third kappa shape index (κ3) is 5.70. The van der Waals surface area contributed by atoms with E-state index in [0.717, 1.165) is 12.2 Å². The third-order valence-electron chi connectivity index (χ3n) is 3.23. The molecule has 0 aromatic heterocycles. The van der Waals surface area contributed by atoms with Gasteiger partial charge in [0.25, 0.3) is 5.91 Å². The molecule has 128 valence electrons. The van der Waals surface area contributed by atoms with Gasteiger partial charge in [0.05, 0.1) is 12.4 Å². The molecule has 0 aliphatic heterocycles. The number of hydrogen-bond acceptors (Lipinski definition) is 4. The third-order valence-corrected chi connectivity index (χ3v) is 4.09. The normalized spacial score (nSPS) is 11.1. The monoisotopic (exact) mass is 347 g/mol. The summed E-state index contributed by atoms with van der Waals surface area (Å²) in [7, 11) is -3.08. The summed E-state index contributed by atoms with van der Waals surface area (Å²) in [4.78, 5) is 12.2. The number of sulfone groups is 1. The van der Waals surface area contributed by atoms with Gasteiger partial charge in [-0.1, -0.05) is 19.1 Å². The first-order valence-electron chi connectivity index (χ1n) is 7.68. The molecular formula is C18H21NO4S. The Labute approximate surface area is 142 Å². The second-order valence-corrected chi connectivity index (χ2v) is 7.73. The van der Waals surface area contributed by atoms with Crippen molar-refractivity contribution in [3.05, 3.63) is 59.7 Å². The van der Waals surface area contributed by atoms with Crippen molar-refractivity contribution in [2.75, 3.05) is 18.2 Å². The lowest BCUT2D eigenvalue weighted by atomic mass is 10.1. The molecule has 0 atom stereocenters. The highest BCUT2D eigenvalue weighted by atomic mass is 32.2. The molecule has 2 rings (SSSR count). The molecule has 0 aliphatic carbocycles. The van der Waals surface area contributed by atoms with Crippen LogP contribution in [0.2, 0.25) is 0 Å². The molecule has 0 unspecified atom stereocenters. The molecule has 2 aromatic rings. The van der Waals surface area contributed by atoms with Crippen molar-refractivity contribution < 1.29 is 17.9 Å². The van der Waals surface area contributed by atoms with Gasteiger partial charge in [-0.15, -0.1) is 0 Å². The summed E-state index contributed by atoms with van der Waals surface area (Å²) in [5.74, 6) is 0.483. The molecule has 0 saturated heterocycles. The van der Waals surface area contributed by atoms with Crippen molar-refractivity contribution in [3.63, 3.8) is 0 Å². The molecule has 0 aliphatic rings. The number of amides is 1. The highest BCUT2D eigenvalue weighted by molar-refractivity contribution is 7.89. The van der Waals surface area contributed by atoms with E-state index < -0.39 is 9.84 Å². The van der Waals surface area contributed by atoms with Gasteiger partial charge >= 0.3 is 0 Å². The number of rotatable bonds is 7. The largest absolute Gasteiger partial charge is 0.494 e. The molecule has 2 aromatic carbocycles. The van der Waals surface area contributed by atoms with E-state index in [1.54, 1.807) is 48.5 Å². The molecule has 0 spiro atoms. The van der Waals surface area contributed by atoms with Gasteiger partial charge in [-0.2, -0.15) is 0 Å². The predicted octanol–water partition coefficient (Wildman–Crippen LogP) is 3.27. The van der Waals surface area contributed by atoms with Gasteiger partial charge in [-0.05, 0) is 48.4 Å². The minimum atomic E-state index is -3.08. The summed E-state index contributed by atoms with van der Waals surface area (Å²) in [5, 5.41) is 2.80. The van der Waals surface area contributed by atoms with E-state index in [2.05, 4.69) is 5.32 Å². The summed E-state index contributed by atoms with van der Waals surface area (Å²) in [6, 6.07) is 13.7. The topological polar surface area (TPSA) is 72.5 Å². The minimum Gasteiger partial charge on any atom is -0.494 e. The Morgan fingerprint density at radius 3 is 2.21 bits per heavy atom. The Balaban J connectivity index is 1.99. The average molecular weight is 347 g/mol. The first-order chi connectivity index (χ1) is 11.4. The van der Waals surface area contributed by atoms with Crippen LogP contribution >= 0.6 is 0 Å². The zero-order chi connectivity index (χ0) is 17.6. The van der Waals surface area contributed by atoms with Gasteiger partial charge in [0.2, 0.25) is 0 Å². The van der Waals surface area contributed by atoms with Crippen LogP contribution in [0.25, 0.3) is 0 Å². The lowest BCUT2D eigenvalue weighted by Gasteiger charge is -2.08. The summed E-state index contributed by atoms with van der Waals surface area (Å²) in [6.45, 7) is 2.70. The fourth-order valence-corrected chi connectivity index (χ4v) is 2.91. The molecule has 0 radical (unpaired) electrons. The molecule has 0 saturated carbocycles. The van der Waals surface area contributed by atoms with E-state index >= 15 is 0 Å². The van der Waals surface area contributed by atoms with Crippen molar-refractivity contribution in [1.29, 1.82) is 0 Å². The van der Waals surface area contributed by atoms with Crippen LogP contribution in [-0.2, 0) is 15.6 Å². The van der Waals surface area contributed by atoms with Crippen molar-refractivity contribution in [2.24, 2.45) is 0 Å².